The summed E-state index contributed by atoms with van der Waals surface area (Å²) in [7, 11) is 0. The Hall–Kier alpha value is 0.302. The van der Waals surface area contributed by atoms with Crippen molar-refractivity contribution >= 4 is 25.7 Å². The number of rotatable bonds is 1. The molecule has 0 bridgehead atoms. The van der Waals surface area contributed by atoms with Gasteiger partial charge in [0.05, 0.1) is 0 Å². The van der Waals surface area contributed by atoms with Gasteiger partial charge in [0.1, 0.15) is 0 Å². The van der Waals surface area contributed by atoms with Gasteiger partial charge in [-0.1, -0.05) is 24.4 Å². The molecule has 0 aliphatic carbocycles. The molecule has 0 aromatic heterocycles. The van der Waals surface area contributed by atoms with Gasteiger partial charge in [-0.2, -0.15) is 0 Å². The Kier molecular flexibility index (Phi) is 2.19. The summed E-state index contributed by atoms with van der Waals surface area (Å²) >= 11 is 5.13. The summed E-state index contributed by atoms with van der Waals surface area (Å²) in [5, 5.41) is 1.26. The Morgan fingerprint density at radius 2 is 2.50 bits per heavy atom. The average Bonchev–Trinajstić information content (AvgIpc) is 2.14. The lowest BCUT2D eigenvalue weighted by atomic mass is 10.6. The van der Waals surface area contributed by atoms with Gasteiger partial charge in [0.2, 0.25) is 0 Å². The summed E-state index contributed by atoms with van der Waals surface area (Å²) in [6.07, 6.45) is 4.09. The molecule has 0 fully saturated rings. The minimum Gasteiger partial charge on any atom is -0.139 e. The molecule has 42 valence electrons. The molecule has 0 nitrogen and oxygen atoms in total. The molecule has 8 heavy (non-hydrogen) atoms. The Bertz CT molecular complexity index is 137. The Morgan fingerprint density at radius 3 is 2.75 bits per heavy atom. The topological polar surface area (TPSA) is 0 Å². The van der Waals surface area contributed by atoms with Gasteiger partial charge in [-0.05, 0) is 3.89 Å². The van der Waals surface area contributed by atoms with Gasteiger partial charge in [0.25, 0.3) is 0 Å². The van der Waals surface area contributed by atoms with Gasteiger partial charge in [-0.25, -0.2) is 0 Å². The minimum absolute atomic E-state index is 0.708. The van der Waals surface area contributed by atoms with Crippen LogP contribution in [0, 0.1) is 0 Å². The molecule has 0 unspecified atom stereocenters. The number of halogens is 1. The van der Waals surface area contributed by atoms with E-state index in [1.807, 2.05) is 6.08 Å². The zero-order chi connectivity index (χ0) is 5.98. The first kappa shape index (κ1) is 6.42. The van der Waals surface area contributed by atoms with Gasteiger partial charge in [-0.15, -0.1) is 16.5 Å². The van der Waals surface area contributed by atoms with E-state index in [2.05, 4.69) is 17.9 Å². The van der Waals surface area contributed by atoms with E-state index >= 15 is 0 Å². The van der Waals surface area contributed by atoms with Crippen LogP contribution in [-0.4, -0.2) is 14.1 Å². The highest BCUT2D eigenvalue weighted by Gasteiger charge is 2.17. The molecule has 1 rings (SSSR count). The van der Waals surface area contributed by atoms with E-state index in [4.69, 9.17) is 11.6 Å². The highest BCUT2D eigenvalue weighted by Crippen LogP contribution is 2.16. The predicted octanol–water partition coefficient (Wildman–Crippen LogP) is 2.27. The van der Waals surface area contributed by atoms with Gasteiger partial charge in [0.15, 0.2) is 0 Å². The van der Waals surface area contributed by atoms with Crippen molar-refractivity contribution in [3.63, 3.8) is 0 Å². The van der Waals surface area contributed by atoms with Crippen molar-refractivity contribution < 1.29 is 0 Å². The monoisotopic (exact) mass is 142 g/mol. The van der Waals surface area contributed by atoms with Crippen LogP contribution in [0.5, 0.6) is 0 Å². The van der Waals surface area contributed by atoms with Crippen molar-refractivity contribution in [3.8, 4) is 0 Å². The second-order valence-electron chi connectivity index (χ2n) is 1.95. The molecule has 1 heterocycles. The van der Waals surface area contributed by atoms with Crippen LogP contribution in [0.3, 0.4) is 0 Å². The minimum atomic E-state index is -0.708. The summed E-state index contributed by atoms with van der Waals surface area (Å²) in [5.41, 5.74) is 0. The lowest BCUT2D eigenvalue weighted by molar-refractivity contribution is 1.44. The van der Waals surface area contributed by atoms with Crippen molar-refractivity contribution in [2.45, 2.75) is 12.2 Å². The molecule has 0 saturated heterocycles. The lowest BCUT2D eigenvalue weighted by Gasteiger charge is -1.92. The lowest BCUT2D eigenvalue weighted by Crippen LogP contribution is -2.03. The van der Waals surface area contributed by atoms with E-state index in [9.17, 15) is 0 Å². The maximum atomic E-state index is 5.84. The highest BCUT2D eigenvalue weighted by atomic mass is 35.5. The molecule has 0 saturated carbocycles. The van der Waals surface area contributed by atoms with E-state index in [0.29, 0.717) is 0 Å². The first-order valence-corrected chi connectivity index (χ1v) is 5.32. The van der Waals surface area contributed by atoms with E-state index in [-0.39, 0.29) is 0 Å². The van der Waals surface area contributed by atoms with Crippen molar-refractivity contribution in [2.24, 2.45) is 0 Å². The Labute approximate surface area is 59.2 Å². The average molecular weight is 143 g/mol. The third kappa shape index (κ3) is 1.17. The van der Waals surface area contributed by atoms with Crippen LogP contribution in [0.15, 0.2) is 21.0 Å². The molecular weight excluding hydrogens is 135 g/mol. The van der Waals surface area contributed by atoms with Crippen LogP contribution in [0.1, 0.15) is 6.92 Å². The normalized spacial score (nSPS) is 17.2. The molecule has 0 radical (unpaired) electrons. The smallest absolute Gasteiger partial charge is 0.139 e. The van der Waals surface area contributed by atoms with E-state index in [0.717, 1.165) is 3.89 Å². The zero-order valence-electron chi connectivity index (χ0n) is 4.89. The zero-order valence-corrected chi connectivity index (χ0v) is 6.81. The van der Waals surface area contributed by atoms with Crippen LogP contribution in [0.25, 0.3) is 0 Å². The third-order valence-electron chi connectivity index (χ3n) is 1.39. The summed E-state index contributed by atoms with van der Waals surface area (Å²) in [6.45, 7) is 2.20. The summed E-state index contributed by atoms with van der Waals surface area (Å²) in [5.74, 6) is 0. The fraction of sp³-hybridized carbons (Fsp3) is 0.333. The largest absolute Gasteiger partial charge is 0.354 e. The predicted molar refractivity (Wildman–Crippen MR) is 39.3 cm³/mol. The maximum absolute atomic E-state index is 5.84. The second-order valence-corrected chi connectivity index (χ2v) is 5.79. The Morgan fingerprint density at radius 1 is 1.75 bits per heavy atom. The van der Waals surface area contributed by atoms with Crippen molar-refractivity contribution in [1.29, 1.82) is 0 Å². The molecule has 2 heteroatoms. The highest BCUT2D eigenvalue weighted by molar-refractivity contribution is 6.82. The Balaban J connectivity index is 2.58. The van der Waals surface area contributed by atoms with E-state index in [1.165, 1.54) is 5.28 Å². The maximum Gasteiger partial charge on any atom is 0.354 e. The summed E-state index contributed by atoms with van der Waals surface area (Å²) < 4.78 is 1.12. The van der Waals surface area contributed by atoms with Crippen LogP contribution in [0.2, 0.25) is 5.28 Å². The van der Waals surface area contributed by atoms with Gasteiger partial charge < -0.3 is 0 Å². The van der Waals surface area contributed by atoms with Gasteiger partial charge in [0, 0.05) is 0 Å². The second kappa shape index (κ2) is 2.73. The quantitative estimate of drug-likeness (QED) is 0.493. The number of hydrogen-bond acceptors (Lipinski definition) is 0. The fourth-order valence-electron chi connectivity index (χ4n) is 0.828. The van der Waals surface area contributed by atoms with E-state index < -0.39 is 14.1 Å². The molecule has 0 spiro atoms. The van der Waals surface area contributed by atoms with Crippen molar-refractivity contribution in [1.82, 2.24) is 0 Å². The van der Waals surface area contributed by atoms with Crippen LogP contribution < -0.4 is 0 Å². The first-order valence-electron chi connectivity index (χ1n) is 2.88. The molecule has 1 aliphatic heterocycles. The molecule has 1 aliphatic rings. The van der Waals surface area contributed by atoms with Gasteiger partial charge in [-0.3, -0.25) is 0 Å². The fourth-order valence-corrected chi connectivity index (χ4v) is 3.17. The van der Waals surface area contributed by atoms with E-state index in [1.54, 1.807) is 0 Å². The molecular formula is C6H8AlCl. The summed E-state index contributed by atoms with van der Waals surface area (Å²) in [6, 6.07) is 0. The molecule has 0 atom stereocenters. The van der Waals surface area contributed by atoms with Crippen LogP contribution in [-0.2, 0) is 0 Å². The van der Waals surface area contributed by atoms with Crippen LogP contribution in [0.4, 0.5) is 0 Å². The number of allylic oxidation sites excluding steroid dienone is 2. The number of hydrogen-bond donors (Lipinski definition) is 0. The molecule has 0 aromatic carbocycles. The third-order valence-corrected chi connectivity index (χ3v) is 4.83. The standard InChI is InChI=1S/C4H3Cl.C2H5.Al/c1-2-3-4-5;1-2;/h1-3H;1H2,2H3;. The van der Waals surface area contributed by atoms with Gasteiger partial charge >= 0.3 is 14.1 Å². The van der Waals surface area contributed by atoms with Crippen molar-refractivity contribution in [2.75, 3.05) is 0 Å². The van der Waals surface area contributed by atoms with Crippen molar-refractivity contribution in [3.05, 3.63) is 21.0 Å². The molecule has 0 aromatic rings. The summed E-state index contributed by atoms with van der Waals surface area (Å²) in [4.78, 5) is 2.27. The SMILES string of the molecule is C[CH2][Al]1[CH]=CC=[C]1Cl. The molecule has 0 amide bonds. The van der Waals surface area contributed by atoms with Crippen LogP contribution >= 0.6 is 11.6 Å². The molecule has 0 N–H and O–H groups in total. The first-order chi connectivity index (χ1) is 3.84.